The fourth-order valence-electron chi connectivity index (χ4n) is 2.05. The van der Waals surface area contributed by atoms with E-state index in [0.29, 0.717) is 13.1 Å². The lowest BCUT2D eigenvalue weighted by molar-refractivity contribution is -0.122. The number of hydrogen-bond acceptors (Lipinski definition) is 3. The Labute approximate surface area is 104 Å². The molecule has 0 radical (unpaired) electrons. The Morgan fingerprint density at radius 2 is 1.88 bits per heavy atom. The van der Waals surface area contributed by atoms with Gasteiger partial charge in [0, 0.05) is 12.1 Å². The van der Waals surface area contributed by atoms with Crippen LogP contribution in [0.15, 0.2) is 0 Å². The summed E-state index contributed by atoms with van der Waals surface area (Å²) in [6.45, 7) is 1.07. The van der Waals surface area contributed by atoms with E-state index < -0.39 is 0 Å². The minimum Gasteiger partial charge on any atom is -0.353 e. The summed E-state index contributed by atoms with van der Waals surface area (Å²) < 4.78 is 0. The molecule has 5 heteroatoms. The highest BCUT2D eigenvalue weighted by Gasteiger charge is 2.27. The van der Waals surface area contributed by atoms with Crippen molar-refractivity contribution in [3.63, 3.8) is 0 Å². The maximum Gasteiger partial charge on any atom is 0.234 e. The lowest BCUT2D eigenvalue weighted by Gasteiger charge is -2.33. The first-order valence-electron chi connectivity index (χ1n) is 5.72. The number of nitrogens with one attached hydrogen (secondary N) is 1. The summed E-state index contributed by atoms with van der Waals surface area (Å²) in [5.41, 5.74) is 6.06. The van der Waals surface area contributed by atoms with Crippen molar-refractivity contribution in [3.8, 4) is 0 Å². The number of likely N-dealkylation sites (N-methyl/N-ethyl adjacent to an activating group) is 1. The maximum atomic E-state index is 11.4. The third kappa shape index (κ3) is 5.68. The van der Waals surface area contributed by atoms with Gasteiger partial charge in [-0.1, -0.05) is 19.3 Å². The molecule has 16 heavy (non-hydrogen) atoms. The van der Waals surface area contributed by atoms with Crippen molar-refractivity contribution in [2.75, 3.05) is 27.2 Å². The number of halogens is 1. The highest BCUT2D eigenvalue weighted by atomic mass is 35.5. The Bertz CT molecular complexity index is 215. The molecule has 0 bridgehead atoms. The molecule has 0 aromatic carbocycles. The van der Waals surface area contributed by atoms with Gasteiger partial charge in [0.15, 0.2) is 0 Å². The molecule has 3 N–H and O–H groups in total. The van der Waals surface area contributed by atoms with Crippen molar-refractivity contribution in [2.45, 2.75) is 37.6 Å². The number of rotatable bonds is 4. The Morgan fingerprint density at radius 1 is 1.31 bits per heavy atom. The molecule has 96 valence electrons. The first kappa shape index (κ1) is 15.7. The van der Waals surface area contributed by atoms with E-state index in [1.807, 2.05) is 19.0 Å². The Kier molecular flexibility index (Phi) is 6.95. The van der Waals surface area contributed by atoms with Gasteiger partial charge in [0.05, 0.1) is 6.54 Å². The minimum absolute atomic E-state index is 0. The molecule has 0 aromatic heterocycles. The van der Waals surface area contributed by atoms with Crippen molar-refractivity contribution < 1.29 is 4.79 Å². The van der Waals surface area contributed by atoms with Crippen LogP contribution in [-0.2, 0) is 4.79 Å². The molecule has 0 spiro atoms. The van der Waals surface area contributed by atoms with Gasteiger partial charge < -0.3 is 16.0 Å². The largest absolute Gasteiger partial charge is 0.353 e. The molecule has 0 saturated heterocycles. The third-order valence-electron chi connectivity index (χ3n) is 2.95. The molecule has 4 nitrogen and oxygen atoms in total. The molecule has 1 aliphatic carbocycles. The molecule has 0 aromatic rings. The van der Waals surface area contributed by atoms with Gasteiger partial charge in [-0.25, -0.2) is 0 Å². The summed E-state index contributed by atoms with van der Waals surface area (Å²) in [6, 6.07) is 0. The topological polar surface area (TPSA) is 58.4 Å². The lowest BCUT2D eigenvalue weighted by Crippen LogP contribution is -2.52. The van der Waals surface area contributed by atoms with Crippen LogP contribution in [0.25, 0.3) is 0 Å². The van der Waals surface area contributed by atoms with Crippen molar-refractivity contribution >= 4 is 18.3 Å². The number of carbonyl (C=O) groups is 1. The van der Waals surface area contributed by atoms with Gasteiger partial charge in [0.25, 0.3) is 0 Å². The van der Waals surface area contributed by atoms with E-state index in [1.165, 1.54) is 19.3 Å². The van der Waals surface area contributed by atoms with E-state index in [9.17, 15) is 4.79 Å². The quantitative estimate of drug-likeness (QED) is 0.773. The van der Waals surface area contributed by atoms with E-state index in [-0.39, 0.29) is 23.9 Å². The monoisotopic (exact) mass is 249 g/mol. The van der Waals surface area contributed by atoms with E-state index in [4.69, 9.17) is 5.73 Å². The highest BCUT2D eigenvalue weighted by Crippen LogP contribution is 2.24. The molecule has 1 fully saturated rings. The van der Waals surface area contributed by atoms with Gasteiger partial charge in [-0.05, 0) is 26.9 Å². The van der Waals surface area contributed by atoms with Crippen LogP contribution in [0.1, 0.15) is 32.1 Å². The first-order chi connectivity index (χ1) is 7.02. The van der Waals surface area contributed by atoms with Crippen LogP contribution in [0.4, 0.5) is 0 Å². The first-order valence-corrected chi connectivity index (χ1v) is 5.72. The van der Waals surface area contributed by atoms with Gasteiger partial charge >= 0.3 is 0 Å². The van der Waals surface area contributed by atoms with Crippen LogP contribution in [0.2, 0.25) is 0 Å². The van der Waals surface area contributed by atoms with Gasteiger partial charge in [0.1, 0.15) is 0 Å². The maximum absolute atomic E-state index is 11.4. The third-order valence-corrected chi connectivity index (χ3v) is 2.95. The number of carbonyl (C=O) groups excluding carboxylic acids is 1. The predicted octanol–water partition coefficient (Wildman–Crippen LogP) is 0.748. The molecule has 1 rings (SSSR count). The van der Waals surface area contributed by atoms with E-state index >= 15 is 0 Å². The molecular weight excluding hydrogens is 226 g/mol. The van der Waals surface area contributed by atoms with Crippen molar-refractivity contribution in [3.05, 3.63) is 0 Å². The van der Waals surface area contributed by atoms with Crippen LogP contribution in [0.3, 0.4) is 0 Å². The molecule has 0 atom stereocenters. The molecular formula is C11H24ClN3O. The standard InChI is InChI=1S/C11H23N3O.ClH/c1-14(2)8-10(15)13-9-11(12)6-4-3-5-7-11;/h3-9,12H2,1-2H3,(H,13,15);1H. The summed E-state index contributed by atoms with van der Waals surface area (Å²) in [5.74, 6) is 0.0652. The molecule has 0 heterocycles. The number of nitrogens with zero attached hydrogens (tertiary/aromatic N) is 1. The van der Waals surface area contributed by atoms with Crippen LogP contribution >= 0.6 is 12.4 Å². The zero-order valence-electron chi connectivity index (χ0n) is 10.3. The highest BCUT2D eigenvalue weighted by molar-refractivity contribution is 5.85. The van der Waals surface area contributed by atoms with Crippen LogP contribution < -0.4 is 11.1 Å². The van der Waals surface area contributed by atoms with Gasteiger partial charge in [-0.2, -0.15) is 0 Å². The number of nitrogens with two attached hydrogens (primary N) is 1. The van der Waals surface area contributed by atoms with Gasteiger partial charge in [-0.15, -0.1) is 12.4 Å². The van der Waals surface area contributed by atoms with Crippen molar-refractivity contribution in [1.29, 1.82) is 0 Å². The van der Waals surface area contributed by atoms with E-state index in [2.05, 4.69) is 5.32 Å². The molecule has 0 unspecified atom stereocenters. The smallest absolute Gasteiger partial charge is 0.234 e. The summed E-state index contributed by atoms with van der Waals surface area (Å²) in [6.07, 6.45) is 5.75. The van der Waals surface area contributed by atoms with Crippen LogP contribution in [-0.4, -0.2) is 43.5 Å². The fraction of sp³-hybridized carbons (Fsp3) is 0.909. The fourth-order valence-corrected chi connectivity index (χ4v) is 2.05. The average Bonchev–Trinajstić information content (AvgIpc) is 2.15. The molecule has 0 aliphatic heterocycles. The summed E-state index contributed by atoms with van der Waals surface area (Å²) >= 11 is 0. The van der Waals surface area contributed by atoms with Gasteiger partial charge in [-0.3, -0.25) is 4.79 Å². The second kappa shape index (κ2) is 7.09. The van der Waals surface area contributed by atoms with E-state index in [1.54, 1.807) is 0 Å². The zero-order chi connectivity index (χ0) is 11.3. The molecule has 1 aliphatic rings. The number of amides is 1. The second-order valence-corrected chi connectivity index (χ2v) is 4.94. The Hall–Kier alpha value is -0.320. The van der Waals surface area contributed by atoms with Crippen LogP contribution in [0.5, 0.6) is 0 Å². The summed E-state index contributed by atoms with van der Waals surface area (Å²) in [5, 5.41) is 2.92. The van der Waals surface area contributed by atoms with Crippen molar-refractivity contribution in [1.82, 2.24) is 10.2 Å². The molecule has 1 saturated carbocycles. The number of hydrogen-bond donors (Lipinski definition) is 2. The predicted molar refractivity (Wildman–Crippen MR) is 68.8 cm³/mol. The summed E-state index contributed by atoms with van der Waals surface area (Å²) in [4.78, 5) is 13.3. The zero-order valence-corrected chi connectivity index (χ0v) is 11.1. The SMILES string of the molecule is CN(C)CC(=O)NCC1(N)CCCCC1.Cl. The van der Waals surface area contributed by atoms with Gasteiger partial charge in [0.2, 0.25) is 5.91 Å². The minimum atomic E-state index is -0.153. The van der Waals surface area contributed by atoms with Crippen LogP contribution in [0, 0.1) is 0 Å². The lowest BCUT2D eigenvalue weighted by atomic mass is 9.82. The Balaban J connectivity index is 0.00000225. The second-order valence-electron chi connectivity index (χ2n) is 4.94. The average molecular weight is 250 g/mol. The Morgan fingerprint density at radius 3 is 2.38 bits per heavy atom. The summed E-state index contributed by atoms with van der Waals surface area (Å²) in [7, 11) is 3.77. The van der Waals surface area contributed by atoms with E-state index in [0.717, 1.165) is 12.8 Å². The molecule has 1 amide bonds. The van der Waals surface area contributed by atoms with Crippen molar-refractivity contribution in [2.24, 2.45) is 5.73 Å². The normalized spacial score (nSPS) is 19.0.